The van der Waals surface area contributed by atoms with E-state index in [0.29, 0.717) is 6.42 Å². The van der Waals surface area contributed by atoms with E-state index in [0.717, 1.165) is 0 Å². The fraction of sp³-hybridized carbons (Fsp3) is 0.889. The molecule has 4 rings (SSSR count). The second-order valence-electron chi connectivity index (χ2n) is 8.49. The number of methoxy groups -OCH3 is 1. The molecule has 4 aliphatic rings. The van der Waals surface area contributed by atoms with Crippen molar-refractivity contribution in [1.82, 2.24) is 0 Å². The number of epoxide rings is 1. The van der Waals surface area contributed by atoms with Gasteiger partial charge in [0, 0.05) is 19.4 Å². The lowest BCUT2D eigenvalue weighted by Gasteiger charge is -2.42. The van der Waals surface area contributed by atoms with Crippen molar-refractivity contribution in [3.63, 3.8) is 0 Å². The maximum absolute atomic E-state index is 12.7. The van der Waals surface area contributed by atoms with E-state index in [9.17, 15) is 9.59 Å². The predicted octanol–water partition coefficient (Wildman–Crippen LogP) is 1.90. The molecule has 4 fully saturated rings. The first-order valence-corrected chi connectivity index (χ1v) is 8.71. The Morgan fingerprint density at radius 3 is 2.46 bits per heavy atom. The van der Waals surface area contributed by atoms with E-state index in [2.05, 4.69) is 27.7 Å². The van der Waals surface area contributed by atoms with Crippen molar-refractivity contribution < 1.29 is 28.5 Å². The summed E-state index contributed by atoms with van der Waals surface area (Å²) in [7, 11) is 1.66. The zero-order chi connectivity index (χ0) is 17.7. The molecule has 0 aromatic carbocycles. The topological polar surface area (TPSA) is 74.4 Å². The fourth-order valence-corrected chi connectivity index (χ4v) is 6.35. The van der Waals surface area contributed by atoms with E-state index in [4.69, 9.17) is 18.9 Å². The van der Waals surface area contributed by atoms with Crippen molar-refractivity contribution in [3.8, 4) is 0 Å². The summed E-state index contributed by atoms with van der Waals surface area (Å²) in [6.45, 7) is 9.97. The summed E-state index contributed by atoms with van der Waals surface area (Å²) in [4.78, 5) is 24.5. The van der Waals surface area contributed by atoms with Crippen LogP contribution in [0.25, 0.3) is 0 Å². The Morgan fingerprint density at radius 1 is 1.29 bits per heavy atom. The molecule has 2 aliphatic heterocycles. The highest BCUT2D eigenvalue weighted by molar-refractivity contribution is 5.83. The highest BCUT2D eigenvalue weighted by Gasteiger charge is 2.83. The van der Waals surface area contributed by atoms with Crippen LogP contribution in [0, 0.1) is 28.1 Å². The third-order valence-corrected chi connectivity index (χ3v) is 8.08. The third-order valence-electron chi connectivity index (χ3n) is 8.08. The molecule has 2 heterocycles. The Kier molecular flexibility index (Phi) is 3.08. The average Bonchev–Trinajstić information content (AvgIpc) is 3.15. The first kappa shape index (κ1) is 16.3. The number of rotatable bonds is 2. The van der Waals surface area contributed by atoms with E-state index < -0.39 is 10.8 Å². The van der Waals surface area contributed by atoms with Gasteiger partial charge in [-0.2, -0.15) is 0 Å². The number of ether oxygens (including phenoxy) is 4. The quantitative estimate of drug-likeness (QED) is 0.565. The lowest BCUT2D eigenvalue weighted by Crippen LogP contribution is -2.48. The summed E-state index contributed by atoms with van der Waals surface area (Å²) >= 11 is 0. The molecule has 0 aromatic heterocycles. The van der Waals surface area contributed by atoms with Crippen molar-refractivity contribution >= 4 is 11.9 Å². The SMILES string of the molecule is CO[C@H]1[C@@H](OC(C)=O)[C@@]2(C)[C@H](C)[C@@]3(C[C@@]2(C)[C@@H]1C)C(=O)O[C@H]1O[C@H]13. The Labute approximate surface area is 142 Å². The van der Waals surface area contributed by atoms with Crippen LogP contribution in [-0.2, 0) is 28.5 Å². The van der Waals surface area contributed by atoms with Gasteiger partial charge < -0.3 is 18.9 Å². The highest BCUT2D eigenvalue weighted by atomic mass is 16.8. The summed E-state index contributed by atoms with van der Waals surface area (Å²) in [5.41, 5.74) is -1.24. The Balaban J connectivity index is 1.83. The maximum atomic E-state index is 12.7. The molecule has 2 saturated heterocycles. The van der Waals surface area contributed by atoms with Gasteiger partial charge in [-0.15, -0.1) is 0 Å². The fourth-order valence-electron chi connectivity index (χ4n) is 6.35. The van der Waals surface area contributed by atoms with E-state index in [-0.39, 0.29) is 53.8 Å². The molecule has 6 heteroatoms. The summed E-state index contributed by atoms with van der Waals surface area (Å²) < 4.78 is 22.5. The van der Waals surface area contributed by atoms with Gasteiger partial charge in [-0.3, -0.25) is 9.59 Å². The van der Waals surface area contributed by atoms with Crippen LogP contribution in [0.2, 0.25) is 0 Å². The first-order chi connectivity index (χ1) is 11.1. The van der Waals surface area contributed by atoms with Crippen LogP contribution in [0.1, 0.15) is 41.0 Å². The summed E-state index contributed by atoms with van der Waals surface area (Å²) in [6, 6.07) is 0. The molecule has 9 atom stereocenters. The molecule has 6 nitrogen and oxygen atoms in total. The molecule has 134 valence electrons. The molecule has 1 spiro atoms. The van der Waals surface area contributed by atoms with E-state index in [1.807, 2.05) is 0 Å². The second-order valence-corrected chi connectivity index (χ2v) is 8.49. The first-order valence-electron chi connectivity index (χ1n) is 8.71. The van der Waals surface area contributed by atoms with Crippen LogP contribution in [0.3, 0.4) is 0 Å². The molecule has 2 saturated carbocycles. The molecule has 0 bridgehead atoms. The largest absolute Gasteiger partial charge is 0.459 e. The van der Waals surface area contributed by atoms with Gasteiger partial charge in [0.1, 0.15) is 17.6 Å². The van der Waals surface area contributed by atoms with Crippen LogP contribution in [0.4, 0.5) is 0 Å². The predicted molar refractivity (Wildman–Crippen MR) is 82.7 cm³/mol. The monoisotopic (exact) mass is 338 g/mol. The molecule has 0 unspecified atom stereocenters. The summed E-state index contributed by atoms with van der Waals surface area (Å²) in [5.74, 6) is -0.366. The zero-order valence-corrected chi connectivity index (χ0v) is 15.1. The smallest absolute Gasteiger partial charge is 0.317 e. The number of hydrogen-bond acceptors (Lipinski definition) is 6. The van der Waals surface area contributed by atoms with Crippen molar-refractivity contribution in [2.75, 3.05) is 7.11 Å². The van der Waals surface area contributed by atoms with E-state index >= 15 is 0 Å². The lowest BCUT2D eigenvalue weighted by atomic mass is 9.63. The molecule has 0 radical (unpaired) electrons. The van der Waals surface area contributed by atoms with Gasteiger partial charge >= 0.3 is 11.9 Å². The van der Waals surface area contributed by atoms with Gasteiger partial charge in [-0.1, -0.05) is 27.7 Å². The van der Waals surface area contributed by atoms with Gasteiger partial charge in [-0.05, 0) is 23.7 Å². The Hall–Kier alpha value is -1.14. The minimum Gasteiger partial charge on any atom is -0.459 e. The van der Waals surface area contributed by atoms with Crippen LogP contribution in [0.15, 0.2) is 0 Å². The van der Waals surface area contributed by atoms with E-state index in [1.54, 1.807) is 7.11 Å². The number of carbonyl (C=O) groups excluding carboxylic acids is 2. The minimum absolute atomic E-state index is 0.0352. The lowest BCUT2D eigenvalue weighted by molar-refractivity contribution is -0.171. The molecule has 0 N–H and O–H groups in total. The molecule has 24 heavy (non-hydrogen) atoms. The van der Waals surface area contributed by atoms with E-state index in [1.165, 1.54) is 6.92 Å². The van der Waals surface area contributed by atoms with Gasteiger partial charge in [0.2, 0.25) is 6.29 Å². The van der Waals surface area contributed by atoms with Crippen LogP contribution < -0.4 is 0 Å². The zero-order valence-electron chi connectivity index (χ0n) is 15.1. The average molecular weight is 338 g/mol. The van der Waals surface area contributed by atoms with Crippen molar-refractivity contribution in [3.05, 3.63) is 0 Å². The Bertz CT molecular complexity index is 619. The van der Waals surface area contributed by atoms with Gasteiger partial charge in [0.25, 0.3) is 0 Å². The van der Waals surface area contributed by atoms with Crippen molar-refractivity contribution in [2.24, 2.45) is 28.1 Å². The summed E-state index contributed by atoms with van der Waals surface area (Å²) in [6.07, 6.45) is -0.440. The minimum atomic E-state index is -0.639. The highest BCUT2D eigenvalue weighted by Crippen LogP contribution is 2.77. The van der Waals surface area contributed by atoms with Crippen LogP contribution >= 0.6 is 0 Å². The Morgan fingerprint density at radius 2 is 1.96 bits per heavy atom. The number of esters is 2. The molecule has 2 aliphatic carbocycles. The normalized spacial score (nSPS) is 57.7. The van der Waals surface area contributed by atoms with Crippen molar-refractivity contribution in [1.29, 1.82) is 0 Å². The van der Waals surface area contributed by atoms with Crippen LogP contribution in [0.5, 0.6) is 0 Å². The van der Waals surface area contributed by atoms with Crippen LogP contribution in [-0.4, -0.2) is 43.7 Å². The number of carbonyl (C=O) groups is 2. The maximum Gasteiger partial charge on any atom is 0.317 e. The standard InChI is InChI=1S/C18H26O6/c1-8-11(21-6)12(22-10(3)19)17(5)9(2)18(7-16(8,17)4)13-14(23-13)24-15(18)20/h8-9,11-14H,7H2,1-6H3/t8-,9+,11-,12-,13-,14-,16+,17-,18-/m1/s1. The molecular formula is C18H26O6. The number of hydrogen-bond donors (Lipinski definition) is 0. The molecule has 0 aromatic rings. The van der Waals surface area contributed by atoms with Gasteiger partial charge in [-0.25, -0.2) is 0 Å². The summed E-state index contributed by atoms with van der Waals surface area (Å²) in [5, 5.41) is 0. The van der Waals surface area contributed by atoms with Crippen molar-refractivity contribution in [2.45, 2.75) is 65.6 Å². The number of fused-ring (bicyclic) bond motifs is 3. The molecular weight excluding hydrogens is 312 g/mol. The molecule has 0 amide bonds. The second kappa shape index (κ2) is 4.52. The van der Waals surface area contributed by atoms with Gasteiger partial charge in [0.05, 0.1) is 6.10 Å². The third kappa shape index (κ3) is 1.51. The van der Waals surface area contributed by atoms with Gasteiger partial charge in [0.15, 0.2) is 0 Å².